The van der Waals surface area contributed by atoms with Crippen LogP contribution in [0, 0.1) is 6.92 Å². The minimum absolute atomic E-state index is 0.728. The number of aryl methyl sites for hydroxylation is 1. The van der Waals surface area contributed by atoms with Crippen LogP contribution in [0.2, 0.25) is 0 Å². The average Bonchev–Trinajstić information content (AvgIpc) is 2.95. The summed E-state index contributed by atoms with van der Waals surface area (Å²) in [7, 11) is 0. The largest absolute Gasteiger partial charge is 0.397 e. The van der Waals surface area contributed by atoms with Gasteiger partial charge in [0.1, 0.15) is 0 Å². The Balaban J connectivity index is 1.86. The molecule has 2 heterocycles. The van der Waals surface area contributed by atoms with Crippen molar-refractivity contribution in [3.05, 3.63) is 34.4 Å². The molecule has 0 aliphatic heterocycles. The van der Waals surface area contributed by atoms with Crippen LogP contribution in [0.4, 0.5) is 11.4 Å². The van der Waals surface area contributed by atoms with E-state index in [4.69, 9.17) is 5.73 Å². The van der Waals surface area contributed by atoms with Crippen LogP contribution in [0.5, 0.6) is 0 Å². The van der Waals surface area contributed by atoms with Crippen LogP contribution in [-0.2, 0) is 6.54 Å². The zero-order valence-electron chi connectivity index (χ0n) is 9.90. The van der Waals surface area contributed by atoms with Gasteiger partial charge in [0.05, 0.1) is 40.8 Å². The second-order valence-electron chi connectivity index (χ2n) is 4.11. The highest BCUT2D eigenvalue weighted by atomic mass is 32.1. The third-order valence-corrected chi connectivity index (χ3v) is 3.83. The molecule has 3 rings (SSSR count). The zero-order chi connectivity index (χ0) is 12.5. The Bertz CT molecular complexity index is 685. The van der Waals surface area contributed by atoms with Crippen LogP contribution in [0.3, 0.4) is 0 Å². The molecular weight excluding hydrogens is 246 g/mol. The molecule has 4 N–H and O–H groups in total. The number of nitrogens with zero attached hydrogens (tertiary/aromatic N) is 2. The first-order valence-corrected chi connectivity index (χ1v) is 6.47. The molecular formula is C12H13N5S. The van der Waals surface area contributed by atoms with Gasteiger partial charge in [-0.2, -0.15) is 5.10 Å². The number of rotatable bonds is 3. The van der Waals surface area contributed by atoms with Crippen LogP contribution in [0.25, 0.3) is 10.9 Å². The quantitative estimate of drug-likeness (QED) is 0.631. The van der Waals surface area contributed by atoms with E-state index >= 15 is 0 Å². The van der Waals surface area contributed by atoms with E-state index in [1.165, 1.54) is 4.88 Å². The molecule has 0 spiro atoms. The first-order valence-electron chi connectivity index (χ1n) is 5.59. The van der Waals surface area contributed by atoms with E-state index in [1.807, 2.05) is 24.6 Å². The first kappa shape index (κ1) is 11.0. The second-order valence-corrected chi connectivity index (χ2v) is 5.05. The molecule has 0 amide bonds. The van der Waals surface area contributed by atoms with Gasteiger partial charge < -0.3 is 11.1 Å². The van der Waals surface area contributed by atoms with Gasteiger partial charge in [0.2, 0.25) is 0 Å². The fourth-order valence-corrected chi connectivity index (χ4v) is 2.55. The number of nitrogens with one attached hydrogen (secondary N) is 2. The van der Waals surface area contributed by atoms with Crippen molar-refractivity contribution in [2.24, 2.45) is 0 Å². The highest BCUT2D eigenvalue weighted by Crippen LogP contribution is 2.25. The summed E-state index contributed by atoms with van der Waals surface area (Å²) in [6.45, 7) is 2.75. The lowest BCUT2D eigenvalue weighted by Gasteiger charge is -2.08. The minimum atomic E-state index is 0.728. The molecule has 1 aromatic carbocycles. The number of thiazole rings is 1. The van der Waals surface area contributed by atoms with Gasteiger partial charge in [-0.15, -0.1) is 11.3 Å². The fraction of sp³-hybridized carbons (Fsp3) is 0.167. The third kappa shape index (κ3) is 1.91. The predicted molar refractivity (Wildman–Crippen MR) is 74.7 cm³/mol. The Kier molecular flexibility index (Phi) is 2.64. The van der Waals surface area contributed by atoms with E-state index in [0.717, 1.165) is 34.5 Å². The number of nitrogens with two attached hydrogens (primary N) is 1. The van der Waals surface area contributed by atoms with Gasteiger partial charge in [-0.25, -0.2) is 4.98 Å². The van der Waals surface area contributed by atoms with E-state index in [0.29, 0.717) is 0 Å². The second kappa shape index (κ2) is 4.30. The van der Waals surface area contributed by atoms with Crippen molar-refractivity contribution in [3.8, 4) is 0 Å². The molecule has 0 fully saturated rings. The van der Waals surface area contributed by atoms with Gasteiger partial charge in [-0.1, -0.05) is 0 Å². The summed E-state index contributed by atoms with van der Waals surface area (Å²) in [6, 6.07) is 3.90. The lowest BCUT2D eigenvalue weighted by molar-refractivity contribution is 1.11. The van der Waals surface area contributed by atoms with Crippen molar-refractivity contribution >= 4 is 33.6 Å². The number of benzene rings is 1. The van der Waals surface area contributed by atoms with Crippen molar-refractivity contribution in [1.82, 2.24) is 15.2 Å². The molecule has 0 aliphatic rings. The van der Waals surface area contributed by atoms with Gasteiger partial charge in [-0.05, 0) is 19.1 Å². The van der Waals surface area contributed by atoms with Gasteiger partial charge in [-0.3, -0.25) is 5.10 Å². The molecule has 18 heavy (non-hydrogen) atoms. The summed E-state index contributed by atoms with van der Waals surface area (Å²) in [5, 5.41) is 11.3. The minimum Gasteiger partial charge on any atom is -0.397 e. The number of hydrogen-bond acceptors (Lipinski definition) is 5. The van der Waals surface area contributed by atoms with Gasteiger partial charge >= 0.3 is 0 Å². The molecule has 0 radical (unpaired) electrons. The molecule has 0 saturated heterocycles. The molecule has 0 atom stereocenters. The number of fused-ring (bicyclic) bond motifs is 1. The maximum atomic E-state index is 6.01. The van der Waals surface area contributed by atoms with E-state index < -0.39 is 0 Å². The zero-order valence-corrected chi connectivity index (χ0v) is 10.7. The molecule has 92 valence electrons. The van der Waals surface area contributed by atoms with Crippen LogP contribution in [-0.4, -0.2) is 15.2 Å². The number of aromatic amines is 1. The fourth-order valence-electron chi connectivity index (χ4n) is 1.83. The Morgan fingerprint density at radius 2 is 2.33 bits per heavy atom. The van der Waals surface area contributed by atoms with Crippen LogP contribution >= 0.6 is 11.3 Å². The summed E-state index contributed by atoms with van der Waals surface area (Å²) in [4.78, 5) is 5.45. The number of hydrogen-bond donors (Lipinski definition) is 3. The number of anilines is 2. The summed E-state index contributed by atoms with van der Waals surface area (Å²) in [6.07, 6.45) is 1.77. The van der Waals surface area contributed by atoms with E-state index in [-0.39, 0.29) is 0 Å². The smallest absolute Gasteiger partial charge is 0.0798 e. The topological polar surface area (TPSA) is 79.6 Å². The first-order chi connectivity index (χ1) is 8.74. The Morgan fingerprint density at radius 1 is 1.44 bits per heavy atom. The average molecular weight is 259 g/mol. The normalized spacial score (nSPS) is 10.9. The lowest BCUT2D eigenvalue weighted by Crippen LogP contribution is -2.02. The lowest BCUT2D eigenvalue weighted by atomic mass is 10.2. The third-order valence-electron chi connectivity index (χ3n) is 2.89. The van der Waals surface area contributed by atoms with E-state index in [9.17, 15) is 0 Å². The predicted octanol–water partition coefficient (Wildman–Crippen LogP) is 2.52. The van der Waals surface area contributed by atoms with Gasteiger partial charge in [0, 0.05) is 10.3 Å². The van der Waals surface area contributed by atoms with Gasteiger partial charge in [0.25, 0.3) is 0 Å². The number of H-pyrrole nitrogens is 1. The molecule has 0 unspecified atom stereocenters. The molecule has 2 aromatic heterocycles. The Labute approximate surface area is 108 Å². The van der Waals surface area contributed by atoms with Crippen molar-refractivity contribution in [2.45, 2.75) is 13.5 Å². The number of nitrogen functional groups attached to an aromatic ring is 1. The number of aromatic nitrogens is 3. The maximum Gasteiger partial charge on any atom is 0.0798 e. The Hall–Kier alpha value is -2.08. The van der Waals surface area contributed by atoms with Crippen molar-refractivity contribution < 1.29 is 0 Å². The molecule has 0 bridgehead atoms. The van der Waals surface area contributed by atoms with E-state index in [2.05, 4.69) is 20.5 Å². The monoisotopic (exact) mass is 259 g/mol. The summed E-state index contributed by atoms with van der Waals surface area (Å²) < 4.78 is 0. The molecule has 3 aromatic rings. The van der Waals surface area contributed by atoms with Crippen LogP contribution in [0.1, 0.15) is 10.6 Å². The van der Waals surface area contributed by atoms with Crippen molar-refractivity contribution in [2.75, 3.05) is 11.1 Å². The summed E-state index contributed by atoms with van der Waals surface area (Å²) in [5.41, 5.74) is 11.5. The van der Waals surface area contributed by atoms with Crippen molar-refractivity contribution in [3.63, 3.8) is 0 Å². The molecule has 6 heteroatoms. The standard InChI is InChI=1S/C12H13N5S/c1-7-12(18-6-15-7)5-14-11-3-10-8(2-9(11)13)4-16-17-10/h2-4,6,14H,5,13H2,1H3,(H,16,17). The maximum absolute atomic E-state index is 6.01. The highest BCUT2D eigenvalue weighted by molar-refractivity contribution is 7.09. The molecule has 5 nitrogen and oxygen atoms in total. The van der Waals surface area contributed by atoms with Crippen LogP contribution < -0.4 is 11.1 Å². The van der Waals surface area contributed by atoms with E-state index in [1.54, 1.807) is 17.5 Å². The SMILES string of the molecule is Cc1ncsc1CNc1cc2[nH]ncc2cc1N. The van der Waals surface area contributed by atoms with Gasteiger partial charge in [0.15, 0.2) is 0 Å². The molecule has 0 aliphatic carbocycles. The molecule has 0 saturated carbocycles. The Morgan fingerprint density at radius 3 is 3.11 bits per heavy atom. The van der Waals surface area contributed by atoms with Crippen molar-refractivity contribution in [1.29, 1.82) is 0 Å². The van der Waals surface area contributed by atoms with Crippen LogP contribution in [0.15, 0.2) is 23.8 Å². The summed E-state index contributed by atoms with van der Waals surface area (Å²) in [5.74, 6) is 0. The highest BCUT2D eigenvalue weighted by Gasteiger charge is 2.05. The summed E-state index contributed by atoms with van der Waals surface area (Å²) >= 11 is 1.65.